The molecule has 150 valence electrons. The van der Waals surface area contributed by atoms with Gasteiger partial charge in [0.1, 0.15) is 10.7 Å². The van der Waals surface area contributed by atoms with E-state index in [1.807, 2.05) is 22.6 Å². The van der Waals surface area contributed by atoms with E-state index < -0.39 is 0 Å². The molecule has 2 aromatic rings. The van der Waals surface area contributed by atoms with Crippen LogP contribution in [0.3, 0.4) is 0 Å². The van der Waals surface area contributed by atoms with Crippen molar-refractivity contribution < 1.29 is 14.3 Å². The van der Waals surface area contributed by atoms with E-state index in [9.17, 15) is 9.59 Å². The number of carbonyl (C=O) groups excluding carboxylic acids is 2. The summed E-state index contributed by atoms with van der Waals surface area (Å²) in [6.45, 7) is 4.30. The fourth-order valence-corrected chi connectivity index (χ4v) is 5.60. The van der Waals surface area contributed by atoms with Gasteiger partial charge in [-0.3, -0.25) is 14.8 Å². The van der Waals surface area contributed by atoms with Gasteiger partial charge < -0.3 is 10.1 Å². The number of rotatable bonds is 4. The normalized spacial score (nSPS) is 15.6. The maximum atomic E-state index is 12.6. The maximum absolute atomic E-state index is 12.6. The smallest absolute Gasteiger partial charge is 0.341 e. The fraction of sp³-hybridized carbons (Fsp3) is 0.444. The van der Waals surface area contributed by atoms with Gasteiger partial charge in [-0.1, -0.05) is 6.92 Å². The maximum Gasteiger partial charge on any atom is 0.341 e. The highest BCUT2D eigenvalue weighted by Crippen LogP contribution is 2.40. The Labute approximate surface area is 186 Å². The Morgan fingerprint density at radius 3 is 2.89 bits per heavy atom. The van der Waals surface area contributed by atoms with E-state index in [0.29, 0.717) is 28.8 Å². The Morgan fingerprint density at radius 2 is 2.25 bits per heavy atom. The number of hydrogen-bond donors (Lipinski definition) is 2. The second-order valence-corrected chi connectivity index (χ2v) is 9.32. The van der Waals surface area contributed by atoms with Crippen LogP contribution in [-0.2, 0) is 24.6 Å². The van der Waals surface area contributed by atoms with Crippen molar-refractivity contribution in [2.45, 2.75) is 33.1 Å². The summed E-state index contributed by atoms with van der Waals surface area (Å²) in [4.78, 5) is 26.3. The number of nitrogens with zero attached hydrogens (tertiary/aromatic N) is 2. The molecule has 1 aliphatic carbocycles. The molecule has 28 heavy (non-hydrogen) atoms. The van der Waals surface area contributed by atoms with Crippen LogP contribution in [0.2, 0.25) is 0 Å². The second kappa shape index (κ2) is 8.87. The molecular weight excluding hydrogens is 511 g/mol. The van der Waals surface area contributed by atoms with E-state index in [1.54, 1.807) is 20.2 Å². The lowest BCUT2D eigenvalue weighted by molar-refractivity contribution is 0.0526. The SMILES string of the molecule is CCOC(=O)c1c(NC(=S)NC(=O)c2c(I)cnn2C)sc2c1CC[C@H](C)C2. The highest BCUT2D eigenvalue weighted by atomic mass is 127. The molecular formula is C18H21IN4O3S2. The predicted octanol–water partition coefficient (Wildman–Crippen LogP) is 3.51. The van der Waals surface area contributed by atoms with Crippen LogP contribution in [0.5, 0.6) is 0 Å². The van der Waals surface area contributed by atoms with E-state index in [2.05, 4.69) is 22.7 Å². The van der Waals surface area contributed by atoms with Gasteiger partial charge in [-0.05, 0) is 72.5 Å². The number of ether oxygens (including phenoxy) is 1. The molecule has 0 fully saturated rings. The molecule has 0 aromatic carbocycles. The zero-order valence-electron chi connectivity index (χ0n) is 15.8. The third kappa shape index (κ3) is 4.38. The van der Waals surface area contributed by atoms with Gasteiger partial charge in [-0.2, -0.15) is 5.10 Å². The van der Waals surface area contributed by atoms with Crippen LogP contribution in [0, 0.1) is 9.49 Å². The van der Waals surface area contributed by atoms with Crippen molar-refractivity contribution >= 4 is 68.1 Å². The molecule has 2 aromatic heterocycles. The van der Waals surface area contributed by atoms with Crippen LogP contribution in [0.25, 0.3) is 0 Å². The molecule has 0 unspecified atom stereocenters. The molecule has 10 heteroatoms. The van der Waals surface area contributed by atoms with Crippen LogP contribution < -0.4 is 10.6 Å². The third-order valence-electron chi connectivity index (χ3n) is 4.55. The van der Waals surface area contributed by atoms with Crippen molar-refractivity contribution in [1.29, 1.82) is 0 Å². The first kappa shape index (κ1) is 21.2. The van der Waals surface area contributed by atoms with Gasteiger partial charge in [0, 0.05) is 11.9 Å². The van der Waals surface area contributed by atoms with Crippen molar-refractivity contribution in [3.8, 4) is 0 Å². The van der Waals surface area contributed by atoms with E-state index in [4.69, 9.17) is 17.0 Å². The van der Waals surface area contributed by atoms with E-state index in [-0.39, 0.29) is 17.0 Å². The Bertz CT molecular complexity index is 918. The largest absolute Gasteiger partial charge is 0.462 e. The molecule has 0 spiro atoms. The van der Waals surface area contributed by atoms with Crippen LogP contribution in [0.15, 0.2) is 6.20 Å². The zero-order chi connectivity index (χ0) is 20.4. The Hall–Kier alpha value is -1.53. The summed E-state index contributed by atoms with van der Waals surface area (Å²) >= 11 is 8.89. The number of carbonyl (C=O) groups is 2. The van der Waals surface area contributed by atoms with Crippen molar-refractivity contribution in [2.24, 2.45) is 13.0 Å². The monoisotopic (exact) mass is 532 g/mol. The van der Waals surface area contributed by atoms with Gasteiger partial charge in [0.25, 0.3) is 5.91 Å². The van der Waals surface area contributed by atoms with Crippen LogP contribution in [0.1, 0.15) is 51.6 Å². The first-order chi connectivity index (χ1) is 13.3. The number of esters is 1. The number of aryl methyl sites for hydroxylation is 1. The molecule has 1 aliphatic rings. The number of thiophene rings is 1. The number of aromatic nitrogens is 2. The molecule has 1 atom stereocenters. The minimum atomic E-state index is -0.354. The number of thiocarbonyl (C=S) groups is 1. The summed E-state index contributed by atoms with van der Waals surface area (Å²) in [5, 5.41) is 10.5. The minimum Gasteiger partial charge on any atom is -0.462 e. The molecule has 0 saturated carbocycles. The van der Waals surface area contributed by atoms with Crippen molar-refractivity contribution in [1.82, 2.24) is 15.1 Å². The Morgan fingerprint density at radius 1 is 1.50 bits per heavy atom. The van der Waals surface area contributed by atoms with Crippen molar-refractivity contribution in [2.75, 3.05) is 11.9 Å². The summed E-state index contributed by atoms with van der Waals surface area (Å²) in [6.07, 6.45) is 4.42. The topological polar surface area (TPSA) is 85.2 Å². The summed E-state index contributed by atoms with van der Waals surface area (Å²) in [7, 11) is 1.70. The number of anilines is 1. The quantitative estimate of drug-likeness (QED) is 0.356. The molecule has 0 saturated heterocycles. The van der Waals surface area contributed by atoms with Crippen molar-refractivity contribution in [3.63, 3.8) is 0 Å². The average molecular weight is 532 g/mol. The summed E-state index contributed by atoms with van der Waals surface area (Å²) in [5.74, 6) is -0.130. The zero-order valence-corrected chi connectivity index (χ0v) is 19.6. The number of fused-ring (bicyclic) bond motifs is 1. The molecule has 2 N–H and O–H groups in total. The number of halogens is 1. The van der Waals surface area contributed by atoms with Gasteiger partial charge in [-0.15, -0.1) is 11.3 Å². The lowest BCUT2D eigenvalue weighted by atomic mass is 9.88. The summed E-state index contributed by atoms with van der Waals surface area (Å²) < 4.78 is 7.48. The van der Waals surface area contributed by atoms with Crippen molar-refractivity contribution in [3.05, 3.63) is 31.5 Å². The number of amides is 1. The lowest BCUT2D eigenvalue weighted by Gasteiger charge is -2.18. The fourth-order valence-electron chi connectivity index (χ4n) is 3.22. The third-order valence-corrected chi connectivity index (χ3v) is 6.72. The number of hydrogen-bond acceptors (Lipinski definition) is 6. The molecule has 0 bridgehead atoms. The first-order valence-electron chi connectivity index (χ1n) is 8.93. The summed E-state index contributed by atoms with van der Waals surface area (Å²) in [6, 6.07) is 0. The minimum absolute atomic E-state index is 0.138. The predicted molar refractivity (Wildman–Crippen MR) is 121 cm³/mol. The average Bonchev–Trinajstić information content (AvgIpc) is 3.13. The van der Waals surface area contributed by atoms with Gasteiger partial charge in [0.15, 0.2) is 5.11 Å². The standard InChI is InChI=1S/C18H21IN4O3S2/c1-4-26-17(25)13-10-6-5-9(2)7-12(10)28-16(13)22-18(27)21-15(24)14-11(19)8-20-23(14)3/h8-9H,4-7H2,1-3H3,(H2,21,22,24,27)/t9-/m0/s1. The van der Waals surface area contributed by atoms with Gasteiger partial charge in [0.05, 0.1) is 21.9 Å². The summed E-state index contributed by atoms with van der Waals surface area (Å²) in [5.41, 5.74) is 2.01. The molecule has 2 heterocycles. The molecule has 0 aliphatic heterocycles. The molecule has 7 nitrogen and oxygen atoms in total. The highest BCUT2D eigenvalue weighted by molar-refractivity contribution is 14.1. The molecule has 1 amide bonds. The van der Waals surface area contributed by atoms with Crippen LogP contribution in [-0.4, -0.2) is 33.4 Å². The Balaban J connectivity index is 1.82. The van der Waals surface area contributed by atoms with Gasteiger partial charge >= 0.3 is 5.97 Å². The van der Waals surface area contributed by atoms with Gasteiger partial charge in [-0.25, -0.2) is 4.79 Å². The van der Waals surface area contributed by atoms with E-state index >= 15 is 0 Å². The van der Waals surface area contributed by atoms with E-state index in [0.717, 1.165) is 28.4 Å². The Kier molecular flexibility index (Phi) is 6.71. The first-order valence-corrected chi connectivity index (χ1v) is 11.2. The lowest BCUT2D eigenvalue weighted by Crippen LogP contribution is -2.35. The second-order valence-electron chi connectivity index (χ2n) is 6.65. The molecule has 0 radical (unpaired) electrons. The van der Waals surface area contributed by atoms with Crippen LogP contribution in [0.4, 0.5) is 5.00 Å². The molecule has 3 rings (SSSR count). The van der Waals surface area contributed by atoms with E-state index in [1.165, 1.54) is 20.9 Å². The van der Waals surface area contributed by atoms with Gasteiger partial charge in [0.2, 0.25) is 0 Å². The number of nitrogens with one attached hydrogen (secondary N) is 2. The highest BCUT2D eigenvalue weighted by Gasteiger charge is 2.29. The van der Waals surface area contributed by atoms with Crippen LogP contribution >= 0.6 is 46.1 Å².